The highest BCUT2D eigenvalue weighted by atomic mass is 28.2. The molecule has 14 nitrogen and oxygen atoms in total. The van der Waals surface area contributed by atoms with Crippen molar-refractivity contribution in [1.82, 2.24) is 34.7 Å². The first-order valence-electron chi connectivity index (χ1n) is 15.3. The second kappa shape index (κ2) is 23.0. The van der Waals surface area contributed by atoms with E-state index < -0.39 is 15.9 Å². The Hall–Kier alpha value is -2.43. The van der Waals surface area contributed by atoms with Gasteiger partial charge in [0.15, 0.2) is 9.76 Å². The van der Waals surface area contributed by atoms with Gasteiger partial charge in [0.1, 0.15) is 19.2 Å². The summed E-state index contributed by atoms with van der Waals surface area (Å²) < 4.78 is 11.1. The van der Waals surface area contributed by atoms with Crippen molar-refractivity contribution in [2.24, 2.45) is 0 Å². The Morgan fingerprint density at radius 3 is 2.09 bits per heavy atom. The lowest BCUT2D eigenvalue weighted by Gasteiger charge is -2.35. The number of carbonyl (C=O) groups is 5. The fraction of sp³-hybridized carbons (Fsp3) is 0.821. The molecule has 3 amide bonds. The number of nitrogens with one attached hydrogen (secondary N) is 1. The molecule has 43 heavy (non-hydrogen) atoms. The van der Waals surface area contributed by atoms with Crippen LogP contribution < -0.4 is 5.32 Å². The topological polar surface area (TPSA) is 135 Å². The highest BCUT2D eigenvalue weighted by Gasteiger charge is 2.26. The van der Waals surface area contributed by atoms with Crippen molar-refractivity contribution in [3.05, 3.63) is 0 Å². The van der Waals surface area contributed by atoms with Crippen LogP contribution in [0.15, 0.2) is 0 Å². The van der Waals surface area contributed by atoms with E-state index in [0.717, 1.165) is 38.1 Å². The second-order valence-electron chi connectivity index (χ2n) is 11.2. The molecular formula is C28H55N7O7Si. The molecule has 0 bridgehead atoms. The number of alkyl carbamates (subject to hydrolysis) is 1. The van der Waals surface area contributed by atoms with Gasteiger partial charge in [-0.2, -0.15) is 0 Å². The van der Waals surface area contributed by atoms with E-state index >= 15 is 0 Å². The summed E-state index contributed by atoms with van der Waals surface area (Å²) in [6.07, 6.45) is 2.73. The molecule has 1 unspecified atom stereocenters. The zero-order chi connectivity index (χ0) is 32.0. The van der Waals surface area contributed by atoms with Gasteiger partial charge in [0, 0.05) is 74.1 Å². The summed E-state index contributed by atoms with van der Waals surface area (Å²) in [5.41, 5.74) is 0. The van der Waals surface area contributed by atoms with Gasteiger partial charge < -0.3 is 33.9 Å². The Morgan fingerprint density at radius 2 is 1.47 bits per heavy atom. The Bertz CT molecular complexity index is 837. The molecule has 1 N–H and O–H groups in total. The fourth-order valence-electron chi connectivity index (χ4n) is 4.62. The molecule has 0 spiro atoms. The molecule has 1 atom stereocenters. The van der Waals surface area contributed by atoms with Crippen molar-refractivity contribution in [3.63, 3.8) is 0 Å². The molecule has 0 aromatic carbocycles. The lowest BCUT2D eigenvalue weighted by Crippen LogP contribution is -2.52. The first-order chi connectivity index (χ1) is 20.6. The normalized spacial score (nSPS) is 18.8. The maximum Gasteiger partial charge on any atom is 0.407 e. The van der Waals surface area contributed by atoms with Crippen molar-refractivity contribution in [1.29, 1.82) is 0 Å². The number of ether oxygens (including phenoxy) is 1. The minimum atomic E-state index is -0.558. The van der Waals surface area contributed by atoms with Crippen LogP contribution in [0, 0.1) is 0 Å². The molecular weight excluding hydrogens is 574 g/mol. The van der Waals surface area contributed by atoms with Crippen molar-refractivity contribution in [2.75, 3.05) is 120 Å². The number of hydrogen-bond donors (Lipinski definition) is 1. The van der Waals surface area contributed by atoms with Crippen LogP contribution in [-0.2, 0) is 28.3 Å². The van der Waals surface area contributed by atoms with Crippen molar-refractivity contribution < 1.29 is 33.1 Å². The molecule has 248 valence electrons. The average molecular weight is 630 g/mol. The van der Waals surface area contributed by atoms with E-state index in [-0.39, 0.29) is 50.6 Å². The van der Waals surface area contributed by atoms with Crippen LogP contribution >= 0.6 is 0 Å². The summed E-state index contributed by atoms with van der Waals surface area (Å²) >= 11 is 0. The maximum atomic E-state index is 12.8. The molecule has 0 aromatic heterocycles. The van der Waals surface area contributed by atoms with E-state index in [4.69, 9.17) is 9.16 Å². The highest BCUT2D eigenvalue weighted by molar-refractivity contribution is 6.26. The third-order valence-electron chi connectivity index (χ3n) is 7.32. The standard InChI is InChI=1S/C28H55N7O7Si/c1-6-42-43-20-7-9-29-28(40)41-24-25-21-34(23-27(39)31(4)5)13-12-33(22-26(38)30(2)3)11-8-10-32(16-18-36)14-15-35(25)17-19-37/h18-19,25H,6-17,20-24,43H2,1-5H3,(H,29,40). The molecule has 15 heteroatoms. The lowest BCUT2D eigenvalue weighted by molar-refractivity contribution is -0.131. The van der Waals surface area contributed by atoms with Gasteiger partial charge in [-0.15, -0.1) is 0 Å². The van der Waals surface area contributed by atoms with Gasteiger partial charge in [-0.1, -0.05) is 0 Å². The number of aldehydes is 2. The first kappa shape index (κ1) is 38.6. The van der Waals surface area contributed by atoms with Gasteiger partial charge in [-0.05, 0) is 38.9 Å². The Morgan fingerprint density at radius 1 is 0.860 bits per heavy atom. The number of nitrogens with zero attached hydrogens (tertiary/aromatic N) is 6. The number of rotatable bonds is 16. The predicted octanol–water partition coefficient (Wildman–Crippen LogP) is -1.80. The summed E-state index contributed by atoms with van der Waals surface area (Å²) in [7, 11) is 6.29. The number of hydrogen-bond acceptors (Lipinski definition) is 11. The molecule has 0 aromatic rings. The quantitative estimate of drug-likeness (QED) is 0.118. The third kappa shape index (κ3) is 17.5. The maximum absolute atomic E-state index is 12.8. The third-order valence-corrected chi connectivity index (χ3v) is 8.81. The van der Waals surface area contributed by atoms with Gasteiger partial charge in [0.2, 0.25) is 11.8 Å². The van der Waals surface area contributed by atoms with Gasteiger partial charge in [0.25, 0.3) is 0 Å². The van der Waals surface area contributed by atoms with E-state index in [1.165, 1.54) is 4.90 Å². The number of carbonyl (C=O) groups excluding carboxylic acids is 5. The predicted molar refractivity (Wildman–Crippen MR) is 168 cm³/mol. The fourth-order valence-corrected chi connectivity index (χ4v) is 5.56. The summed E-state index contributed by atoms with van der Waals surface area (Å²) in [5.74, 6) is -0.0907. The van der Waals surface area contributed by atoms with Gasteiger partial charge >= 0.3 is 6.09 Å². The summed E-state index contributed by atoms with van der Waals surface area (Å²) in [5, 5.41) is 2.79. The van der Waals surface area contributed by atoms with Crippen LogP contribution in [0.3, 0.4) is 0 Å². The van der Waals surface area contributed by atoms with Crippen molar-refractivity contribution in [2.45, 2.75) is 31.9 Å². The van der Waals surface area contributed by atoms with Crippen molar-refractivity contribution in [3.8, 4) is 0 Å². The lowest BCUT2D eigenvalue weighted by atomic mass is 10.2. The van der Waals surface area contributed by atoms with Crippen molar-refractivity contribution >= 4 is 40.2 Å². The second-order valence-corrected chi connectivity index (χ2v) is 12.7. The van der Waals surface area contributed by atoms with Gasteiger partial charge in [-0.25, -0.2) is 4.79 Å². The highest BCUT2D eigenvalue weighted by Crippen LogP contribution is 2.09. The smallest absolute Gasteiger partial charge is 0.407 e. The van der Waals surface area contributed by atoms with Crippen LogP contribution in [0.1, 0.15) is 19.8 Å². The molecule has 1 aliphatic heterocycles. The molecule has 1 rings (SSSR count). The summed E-state index contributed by atoms with van der Waals surface area (Å²) in [6.45, 7) is 7.69. The monoisotopic (exact) mass is 629 g/mol. The van der Waals surface area contributed by atoms with Crippen LogP contribution in [-0.4, -0.2) is 196 Å². The first-order valence-corrected chi connectivity index (χ1v) is 16.9. The summed E-state index contributed by atoms with van der Waals surface area (Å²) in [4.78, 5) is 72.2. The Kier molecular flexibility index (Phi) is 20.7. The van der Waals surface area contributed by atoms with E-state index in [1.54, 1.807) is 33.1 Å². The minimum Gasteiger partial charge on any atom is -0.448 e. The molecule has 0 aliphatic carbocycles. The Balaban J connectivity index is 3.16. The zero-order valence-corrected chi connectivity index (χ0v) is 28.4. The number of likely N-dealkylation sites (N-methyl/N-ethyl adjacent to an activating group) is 2. The van der Waals surface area contributed by atoms with E-state index in [9.17, 15) is 24.0 Å². The molecule has 0 radical (unpaired) electrons. The molecule has 0 saturated carbocycles. The largest absolute Gasteiger partial charge is 0.448 e. The van der Waals surface area contributed by atoms with E-state index in [0.29, 0.717) is 52.4 Å². The summed E-state index contributed by atoms with van der Waals surface area (Å²) in [6, 6.07) is 0.583. The van der Waals surface area contributed by atoms with Crippen LogP contribution in [0.2, 0.25) is 6.04 Å². The van der Waals surface area contributed by atoms with Gasteiger partial charge in [0.05, 0.1) is 32.2 Å². The molecule has 1 aliphatic rings. The van der Waals surface area contributed by atoms with Crippen LogP contribution in [0.25, 0.3) is 0 Å². The molecule has 1 fully saturated rings. The van der Waals surface area contributed by atoms with Crippen LogP contribution in [0.5, 0.6) is 0 Å². The van der Waals surface area contributed by atoms with Gasteiger partial charge in [-0.3, -0.25) is 29.2 Å². The number of amides is 3. The molecule has 1 saturated heterocycles. The minimum absolute atomic E-state index is 0.0142. The van der Waals surface area contributed by atoms with Crippen LogP contribution in [0.4, 0.5) is 4.79 Å². The average Bonchev–Trinajstić information content (AvgIpc) is 2.97. The zero-order valence-electron chi connectivity index (χ0n) is 27.0. The SMILES string of the molecule is CCO[SiH2]CCCNC(=O)OCC1CN(CC(=O)N(C)C)CCN(CC(=O)N(C)C)CCCN(CC=O)CCN1CC=O. The van der Waals surface area contributed by atoms with E-state index in [2.05, 4.69) is 10.2 Å². The Labute approximate surface area is 259 Å². The molecule has 1 heterocycles. The van der Waals surface area contributed by atoms with E-state index in [1.807, 2.05) is 21.6 Å².